The number of rotatable bonds is 3. The third-order valence-corrected chi connectivity index (χ3v) is 3.34. The van der Waals surface area contributed by atoms with Gasteiger partial charge >= 0.3 is 0 Å². The summed E-state index contributed by atoms with van der Waals surface area (Å²) in [5, 5.41) is 11.4. The van der Waals surface area contributed by atoms with Gasteiger partial charge in [-0.15, -0.1) is 0 Å². The highest BCUT2D eigenvalue weighted by Gasteiger charge is 2.04. The molecule has 1 aromatic carbocycles. The molecule has 0 saturated carbocycles. The van der Waals surface area contributed by atoms with Gasteiger partial charge in [0.15, 0.2) is 5.82 Å². The summed E-state index contributed by atoms with van der Waals surface area (Å²) in [7, 11) is 0. The van der Waals surface area contributed by atoms with Gasteiger partial charge in [-0.3, -0.25) is 5.10 Å². The molecule has 0 aliphatic heterocycles. The fourth-order valence-corrected chi connectivity index (χ4v) is 2.01. The third-order valence-electron chi connectivity index (χ3n) is 2.55. The van der Waals surface area contributed by atoms with Crippen LogP contribution in [0.4, 0.5) is 0 Å². The van der Waals surface area contributed by atoms with Gasteiger partial charge in [-0.2, -0.15) is 14.9 Å². The topological polar surface area (TPSA) is 46.0 Å². The van der Waals surface area contributed by atoms with Crippen molar-refractivity contribution in [3.05, 3.63) is 44.9 Å². The Labute approximate surface area is 119 Å². The van der Waals surface area contributed by atoms with Gasteiger partial charge in [0.2, 0.25) is 4.77 Å². The van der Waals surface area contributed by atoms with E-state index < -0.39 is 0 Å². The van der Waals surface area contributed by atoms with Gasteiger partial charge in [0, 0.05) is 10.9 Å². The summed E-state index contributed by atoms with van der Waals surface area (Å²) in [6.07, 6.45) is 0.782. The zero-order chi connectivity index (χ0) is 13.1. The minimum atomic E-state index is 0.517. The van der Waals surface area contributed by atoms with Crippen LogP contribution in [0.5, 0.6) is 0 Å². The van der Waals surface area contributed by atoms with E-state index in [1.807, 2.05) is 38.1 Å². The zero-order valence-corrected chi connectivity index (χ0v) is 12.5. The summed E-state index contributed by atoms with van der Waals surface area (Å²) >= 11 is 8.57. The van der Waals surface area contributed by atoms with Crippen LogP contribution in [0.15, 0.2) is 33.8 Å². The molecule has 0 fully saturated rings. The standard InChI is InChI=1S/C12H13BrN4S/c1-3-11-14-15-12(18)17(11)16-8(2)9-4-6-10(13)7-5-9/h4-7H,3H2,1-2H3,(H,15,18)/b16-8-. The molecule has 0 aliphatic carbocycles. The van der Waals surface area contributed by atoms with Gasteiger partial charge in [-0.05, 0) is 36.8 Å². The van der Waals surface area contributed by atoms with Crippen LogP contribution in [-0.4, -0.2) is 20.6 Å². The molecule has 0 spiro atoms. The van der Waals surface area contributed by atoms with E-state index in [1.165, 1.54) is 0 Å². The first-order valence-electron chi connectivity index (χ1n) is 5.59. The van der Waals surface area contributed by atoms with Crippen LogP contribution >= 0.6 is 28.1 Å². The Hall–Kier alpha value is -1.27. The summed E-state index contributed by atoms with van der Waals surface area (Å²) in [4.78, 5) is 0. The van der Waals surface area contributed by atoms with Crippen LogP contribution in [0.1, 0.15) is 25.2 Å². The van der Waals surface area contributed by atoms with E-state index in [9.17, 15) is 0 Å². The Balaban J connectivity index is 2.41. The number of aryl methyl sites for hydroxylation is 1. The monoisotopic (exact) mass is 324 g/mol. The summed E-state index contributed by atoms with van der Waals surface area (Å²) in [6, 6.07) is 8.00. The molecule has 1 aromatic heterocycles. The number of halogens is 1. The second kappa shape index (κ2) is 5.58. The van der Waals surface area contributed by atoms with Crippen molar-refractivity contribution in [1.82, 2.24) is 14.9 Å². The number of H-pyrrole nitrogens is 1. The normalized spacial score (nSPS) is 11.8. The van der Waals surface area contributed by atoms with Crippen molar-refractivity contribution >= 4 is 33.9 Å². The van der Waals surface area contributed by atoms with Crippen molar-refractivity contribution < 1.29 is 0 Å². The van der Waals surface area contributed by atoms with Crippen molar-refractivity contribution in [2.75, 3.05) is 0 Å². The smallest absolute Gasteiger partial charge is 0.216 e. The Bertz CT molecular complexity index is 624. The fraction of sp³-hybridized carbons (Fsp3) is 0.250. The third kappa shape index (κ3) is 2.76. The number of nitrogens with zero attached hydrogens (tertiary/aromatic N) is 3. The molecule has 1 N–H and O–H groups in total. The maximum absolute atomic E-state index is 5.16. The molecule has 0 saturated heterocycles. The van der Waals surface area contributed by atoms with E-state index in [-0.39, 0.29) is 0 Å². The Morgan fingerprint density at radius 1 is 1.44 bits per heavy atom. The van der Waals surface area contributed by atoms with Crippen molar-refractivity contribution in [3.63, 3.8) is 0 Å². The maximum atomic E-state index is 5.16. The molecular weight excluding hydrogens is 312 g/mol. The van der Waals surface area contributed by atoms with E-state index in [2.05, 4.69) is 31.2 Å². The molecule has 6 heteroatoms. The Kier molecular flexibility index (Phi) is 4.08. The Morgan fingerprint density at radius 2 is 2.11 bits per heavy atom. The highest BCUT2D eigenvalue weighted by atomic mass is 79.9. The molecule has 94 valence electrons. The molecule has 18 heavy (non-hydrogen) atoms. The van der Waals surface area contributed by atoms with Gasteiger partial charge in [0.05, 0.1) is 5.71 Å². The average Bonchev–Trinajstić information content (AvgIpc) is 2.71. The molecule has 0 radical (unpaired) electrons. The molecule has 2 rings (SSSR count). The lowest BCUT2D eigenvalue weighted by Crippen LogP contribution is -2.03. The van der Waals surface area contributed by atoms with Crippen LogP contribution in [0.3, 0.4) is 0 Å². The van der Waals surface area contributed by atoms with Crippen LogP contribution in [-0.2, 0) is 6.42 Å². The highest BCUT2D eigenvalue weighted by molar-refractivity contribution is 9.10. The number of nitrogens with one attached hydrogen (secondary N) is 1. The van der Waals surface area contributed by atoms with Crippen molar-refractivity contribution in [1.29, 1.82) is 0 Å². The van der Waals surface area contributed by atoms with Gasteiger partial charge in [0.25, 0.3) is 0 Å². The van der Waals surface area contributed by atoms with Crippen molar-refractivity contribution in [2.45, 2.75) is 20.3 Å². The minimum absolute atomic E-state index is 0.517. The second-order valence-corrected chi connectivity index (χ2v) is 5.11. The zero-order valence-electron chi connectivity index (χ0n) is 10.1. The lowest BCUT2D eigenvalue weighted by molar-refractivity contribution is 0.776. The van der Waals surface area contributed by atoms with E-state index >= 15 is 0 Å². The summed E-state index contributed by atoms with van der Waals surface area (Å²) in [5.41, 5.74) is 1.96. The molecule has 1 heterocycles. The summed E-state index contributed by atoms with van der Waals surface area (Å²) in [6.45, 7) is 3.98. The number of aromatic nitrogens is 3. The molecule has 0 bridgehead atoms. The molecular formula is C12H13BrN4S. The van der Waals surface area contributed by atoms with E-state index in [1.54, 1.807) is 4.68 Å². The van der Waals surface area contributed by atoms with Gasteiger partial charge < -0.3 is 0 Å². The number of aromatic amines is 1. The first-order valence-corrected chi connectivity index (χ1v) is 6.79. The SMILES string of the molecule is CCc1n[nH]c(=S)n1/N=C(/C)c1ccc(Br)cc1. The number of hydrogen-bond acceptors (Lipinski definition) is 3. The van der Waals surface area contributed by atoms with Crippen LogP contribution in [0.2, 0.25) is 0 Å². The quantitative estimate of drug-likeness (QED) is 0.693. The predicted octanol–water partition coefficient (Wildman–Crippen LogP) is 3.54. The molecule has 4 nitrogen and oxygen atoms in total. The lowest BCUT2D eigenvalue weighted by Gasteiger charge is -2.03. The Morgan fingerprint density at radius 3 is 2.72 bits per heavy atom. The molecule has 0 atom stereocenters. The van der Waals surface area contributed by atoms with Crippen LogP contribution < -0.4 is 0 Å². The fourth-order valence-electron chi connectivity index (χ4n) is 1.56. The average molecular weight is 325 g/mol. The van der Waals surface area contributed by atoms with E-state index in [0.29, 0.717) is 4.77 Å². The van der Waals surface area contributed by atoms with Gasteiger partial charge in [-0.25, -0.2) is 0 Å². The predicted molar refractivity (Wildman–Crippen MR) is 78.5 cm³/mol. The van der Waals surface area contributed by atoms with E-state index in [4.69, 9.17) is 12.2 Å². The van der Waals surface area contributed by atoms with Crippen molar-refractivity contribution in [3.8, 4) is 0 Å². The van der Waals surface area contributed by atoms with Crippen LogP contribution in [0, 0.1) is 4.77 Å². The molecule has 0 unspecified atom stereocenters. The highest BCUT2D eigenvalue weighted by Crippen LogP contribution is 2.11. The van der Waals surface area contributed by atoms with Crippen molar-refractivity contribution in [2.24, 2.45) is 5.10 Å². The largest absolute Gasteiger partial charge is 0.250 e. The number of benzene rings is 1. The second-order valence-electron chi connectivity index (χ2n) is 3.80. The first kappa shape index (κ1) is 13.2. The lowest BCUT2D eigenvalue weighted by atomic mass is 10.1. The molecule has 2 aromatic rings. The summed E-state index contributed by atoms with van der Waals surface area (Å²) < 4.78 is 3.24. The molecule has 0 amide bonds. The maximum Gasteiger partial charge on any atom is 0.216 e. The summed E-state index contributed by atoms with van der Waals surface area (Å²) in [5.74, 6) is 0.830. The first-order chi connectivity index (χ1) is 8.61. The van der Waals surface area contributed by atoms with Gasteiger partial charge in [-0.1, -0.05) is 35.0 Å². The van der Waals surface area contributed by atoms with E-state index in [0.717, 1.165) is 28.0 Å². The van der Waals surface area contributed by atoms with Crippen LogP contribution in [0.25, 0.3) is 0 Å². The number of hydrogen-bond donors (Lipinski definition) is 1. The molecule has 0 aliphatic rings. The van der Waals surface area contributed by atoms with Gasteiger partial charge in [0.1, 0.15) is 0 Å². The minimum Gasteiger partial charge on any atom is -0.250 e.